The number of carbonyl (C=O) groups is 3. The van der Waals surface area contributed by atoms with Crippen LogP contribution >= 0.6 is 11.6 Å². The van der Waals surface area contributed by atoms with Crippen molar-refractivity contribution in [3.05, 3.63) is 76.0 Å². The van der Waals surface area contributed by atoms with E-state index in [9.17, 15) is 14.4 Å². The van der Waals surface area contributed by atoms with Crippen molar-refractivity contribution in [2.45, 2.75) is 38.3 Å². The highest BCUT2D eigenvalue weighted by Gasteiger charge is 2.38. The van der Waals surface area contributed by atoms with E-state index in [0.29, 0.717) is 53.3 Å². The minimum absolute atomic E-state index is 0.0766. The van der Waals surface area contributed by atoms with Gasteiger partial charge in [0, 0.05) is 40.5 Å². The average Bonchev–Trinajstić information content (AvgIpc) is 3.03. The summed E-state index contributed by atoms with van der Waals surface area (Å²) in [5.41, 5.74) is 9.87. The molecule has 1 atom stereocenters. The number of piperidine rings is 1. The molecular weight excluding hydrogens is 402 g/mol. The van der Waals surface area contributed by atoms with E-state index in [1.54, 1.807) is 29.2 Å². The van der Waals surface area contributed by atoms with Crippen molar-refractivity contribution < 1.29 is 14.4 Å². The summed E-state index contributed by atoms with van der Waals surface area (Å²) >= 11 is 5.97. The molecule has 0 bridgehead atoms. The molecule has 3 N–H and O–H groups in total. The van der Waals surface area contributed by atoms with Crippen molar-refractivity contribution >= 4 is 34.9 Å². The summed E-state index contributed by atoms with van der Waals surface area (Å²) in [6.07, 6.45) is 2.05. The monoisotopic (exact) mass is 423 g/mol. The number of benzene rings is 2. The van der Waals surface area contributed by atoms with Gasteiger partial charge in [0.05, 0.1) is 0 Å². The normalized spacial score (nSPS) is 18.4. The Balaban J connectivity index is 1.45. The van der Waals surface area contributed by atoms with Gasteiger partial charge in [-0.2, -0.15) is 0 Å². The number of ketones is 1. The molecule has 2 aromatic carbocycles. The number of nitrogens with zero attached hydrogens (tertiary/aromatic N) is 1. The van der Waals surface area contributed by atoms with Gasteiger partial charge in [0.25, 0.3) is 5.91 Å². The summed E-state index contributed by atoms with van der Waals surface area (Å²) in [5, 5.41) is 3.21. The number of anilines is 1. The highest BCUT2D eigenvalue weighted by atomic mass is 35.5. The van der Waals surface area contributed by atoms with Crippen molar-refractivity contribution in [1.29, 1.82) is 0 Å². The maximum atomic E-state index is 12.8. The number of amides is 2. The maximum absolute atomic E-state index is 12.8. The molecule has 2 aliphatic rings. The van der Waals surface area contributed by atoms with Crippen LogP contribution in [0.15, 0.2) is 48.7 Å². The quantitative estimate of drug-likeness (QED) is 0.568. The Kier molecular flexibility index (Phi) is 5.35. The topological polar surface area (TPSA) is 92.5 Å². The molecule has 2 heterocycles. The van der Waals surface area contributed by atoms with E-state index in [1.165, 1.54) is 0 Å². The minimum atomic E-state index is -0.480. The number of fused-ring (bicyclic) bond motifs is 1. The van der Waals surface area contributed by atoms with E-state index < -0.39 is 6.04 Å². The Hall–Kier alpha value is -3.12. The second-order valence-electron chi connectivity index (χ2n) is 7.73. The van der Waals surface area contributed by atoms with Gasteiger partial charge in [-0.15, -0.1) is 0 Å². The molecule has 2 aromatic rings. The van der Waals surface area contributed by atoms with Crippen LogP contribution in [-0.4, -0.2) is 28.5 Å². The van der Waals surface area contributed by atoms with Gasteiger partial charge in [0.15, 0.2) is 5.78 Å². The molecule has 154 valence electrons. The molecule has 1 saturated heterocycles. The molecular formula is C23H22ClN3O3. The van der Waals surface area contributed by atoms with Gasteiger partial charge in [-0.1, -0.05) is 30.3 Å². The van der Waals surface area contributed by atoms with Gasteiger partial charge >= 0.3 is 0 Å². The first-order valence-electron chi connectivity index (χ1n) is 9.83. The summed E-state index contributed by atoms with van der Waals surface area (Å²) in [7, 11) is 0. The van der Waals surface area contributed by atoms with Crippen molar-refractivity contribution in [3.8, 4) is 0 Å². The standard InChI is InChI=1S/C23H22ClN3O3/c1-13-2-8-20(22(29)26-13)27-12-15-10-14(3-6-17(15)23(27)30)4-9-21(28)18-11-16(24)5-7-19(18)25/h3,5-7,10-11,20H,1-2,4,8-9,12,25H2,(H,26,29). The maximum Gasteiger partial charge on any atom is 0.255 e. The van der Waals surface area contributed by atoms with Crippen LogP contribution in [0.5, 0.6) is 0 Å². The first-order chi connectivity index (χ1) is 14.3. The minimum Gasteiger partial charge on any atom is -0.398 e. The molecule has 0 spiro atoms. The van der Waals surface area contributed by atoms with Crippen LogP contribution in [-0.2, 0) is 17.8 Å². The fourth-order valence-corrected chi connectivity index (χ4v) is 4.20. The van der Waals surface area contributed by atoms with E-state index >= 15 is 0 Å². The largest absolute Gasteiger partial charge is 0.398 e. The second-order valence-corrected chi connectivity index (χ2v) is 8.16. The Bertz CT molecular complexity index is 1080. The van der Waals surface area contributed by atoms with Crippen molar-refractivity contribution in [3.63, 3.8) is 0 Å². The Morgan fingerprint density at radius 1 is 1.23 bits per heavy atom. The number of carbonyl (C=O) groups excluding carboxylic acids is 3. The predicted octanol–water partition coefficient (Wildman–Crippen LogP) is 3.49. The third-order valence-electron chi connectivity index (χ3n) is 5.66. The van der Waals surface area contributed by atoms with Crippen LogP contribution in [0.3, 0.4) is 0 Å². The van der Waals surface area contributed by atoms with E-state index in [-0.39, 0.29) is 24.0 Å². The molecule has 6 nitrogen and oxygen atoms in total. The lowest BCUT2D eigenvalue weighted by Gasteiger charge is -2.30. The molecule has 30 heavy (non-hydrogen) atoms. The summed E-state index contributed by atoms with van der Waals surface area (Å²) in [6.45, 7) is 4.18. The van der Waals surface area contributed by atoms with Gasteiger partial charge in [0.2, 0.25) is 5.91 Å². The third-order valence-corrected chi connectivity index (χ3v) is 5.89. The molecule has 1 fully saturated rings. The summed E-state index contributed by atoms with van der Waals surface area (Å²) in [5.74, 6) is -0.392. The van der Waals surface area contributed by atoms with Crippen molar-refractivity contribution in [2.24, 2.45) is 0 Å². The van der Waals surface area contributed by atoms with E-state index in [1.807, 2.05) is 12.1 Å². The van der Waals surface area contributed by atoms with Crippen LogP contribution in [0, 0.1) is 0 Å². The van der Waals surface area contributed by atoms with Gasteiger partial charge in [-0.3, -0.25) is 14.4 Å². The molecule has 0 saturated carbocycles. The first-order valence-corrected chi connectivity index (χ1v) is 10.2. The van der Waals surface area contributed by atoms with Gasteiger partial charge in [0.1, 0.15) is 6.04 Å². The highest BCUT2D eigenvalue weighted by molar-refractivity contribution is 6.31. The number of Topliss-reactive ketones (excluding diaryl/α,β-unsaturated/α-hetero) is 1. The third kappa shape index (κ3) is 3.83. The van der Waals surface area contributed by atoms with Crippen LogP contribution in [0.1, 0.15) is 51.1 Å². The number of allylic oxidation sites excluding steroid dienone is 1. The lowest BCUT2D eigenvalue weighted by Crippen LogP contribution is -2.49. The number of hydrogen-bond donors (Lipinski definition) is 2. The molecule has 2 aliphatic heterocycles. The van der Waals surface area contributed by atoms with Gasteiger partial charge in [-0.25, -0.2) is 0 Å². The van der Waals surface area contributed by atoms with Crippen LogP contribution in [0.2, 0.25) is 5.02 Å². The summed E-state index contributed by atoms with van der Waals surface area (Å²) in [6, 6.07) is 9.97. The molecule has 2 amide bonds. The zero-order valence-corrected chi connectivity index (χ0v) is 17.2. The van der Waals surface area contributed by atoms with Gasteiger partial charge < -0.3 is 16.0 Å². The Labute approximate surface area is 179 Å². The van der Waals surface area contributed by atoms with E-state index in [0.717, 1.165) is 11.1 Å². The lowest BCUT2D eigenvalue weighted by molar-refractivity contribution is -0.126. The Morgan fingerprint density at radius 3 is 2.80 bits per heavy atom. The predicted molar refractivity (Wildman–Crippen MR) is 115 cm³/mol. The molecule has 0 radical (unpaired) electrons. The number of nitrogens with one attached hydrogen (secondary N) is 1. The number of rotatable bonds is 5. The number of halogens is 1. The molecule has 7 heteroatoms. The number of hydrogen-bond acceptors (Lipinski definition) is 4. The second kappa shape index (κ2) is 7.95. The zero-order chi connectivity index (χ0) is 21.4. The first kappa shape index (κ1) is 20.2. The smallest absolute Gasteiger partial charge is 0.255 e. The SMILES string of the molecule is C=C1CCC(N2Cc3cc(CCC(=O)c4cc(Cl)ccc4N)ccc3C2=O)C(=O)N1. The summed E-state index contributed by atoms with van der Waals surface area (Å²) in [4.78, 5) is 39.3. The zero-order valence-electron chi connectivity index (χ0n) is 16.4. The van der Waals surface area contributed by atoms with Crippen molar-refractivity contribution in [1.82, 2.24) is 10.2 Å². The van der Waals surface area contributed by atoms with Gasteiger partial charge in [-0.05, 0) is 54.7 Å². The van der Waals surface area contributed by atoms with Crippen LogP contribution in [0.4, 0.5) is 5.69 Å². The molecule has 0 aromatic heterocycles. The van der Waals surface area contributed by atoms with Crippen LogP contribution in [0.25, 0.3) is 0 Å². The van der Waals surface area contributed by atoms with Crippen LogP contribution < -0.4 is 11.1 Å². The number of nitrogens with two attached hydrogens (primary N) is 1. The average molecular weight is 424 g/mol. The fourth-order valence-electron chi connectivity index (χ4n) is 4.03. The van der Waals surface area contributed by atoms with Crippen molar-refractivity contribution in [2.75, 3.05) is 5.73 Å². The molecule has 4 rings (SSSR count). The van der Waals surface area contributed by atoms with E-state index in [4.69, 9.17) is 17.3 Å². The molecule has 1 unspecified atom stereocenters. The fraction of sp³-hybridized carbons (Fsp3) is 0.261. The van der Waals surface area contributed by atoms with E-state index in [2.05, 4.69) is 11.9 Å². The Morgan fingerprint density at radius 2 is 2.03 bits per heavy atom. The summed E-state index contributed by atoms with van der Waals surface area (Å²) < 4.78 is 0. The number of aryl methyl sites for hydroxylation is 1. The number of nitrogen functional groups attached to an aromatic ring is 1. The highest BCUT2D eigenvalue weighted by Crippen LogP contribution is 2.29. The lowest BCUT2D eigenvalue weighted by atomic mass is 9.99. The molecule has 0 aliphatic carbocycles.